The third kappa shape index (κ3) is 4.82. The second-order valence-corrected chi connectivity index (χ2v) is 4.31. The minimum atomic E-state index is -4.94. The first-order valence-electron chi connectivity index (χ1n) is 4.97. The van der Waals surface area contributed by atoms with Crippen molar-refractivity contribution >= 4 is 16.5 Å². The number of nitriles is 1. The minimum absolute atomic E-state index is 0.520. The van der Waals surface area contributed by atoms with Gasteiger partial charge in [-0.15, -0.1) is 10.2 Å². The summed E-state index contributed by atoms with van der Waals surface area (Å²) in [5.74, 6) is 10.9. The molecular weight excluding hydrogens is 290 g/mol. The summed E-state index contributed by atoms with van der Waals surface area (Å²) in [6, 6.07) is 7.58. The van der Waals surface area contributed by atoms with E-state index in [1.165, 1.54) is 4.68 Å². The Labute approximate surface area is 115 Å². The zero-order valence-corrected chi connectivity index (χ0v) is 10.7. The number of hydrogen-bond acceptors (Lipinski definition) is 8. The summed E-state index contributed by atoms with van der Waals surface area (Å²) in [6.45, 7) is 0. The van der Waals surface area contributed by atoms with Crippen LogP contribution in [-0.2, 0) is 0 Å². The van der Waals surface area contributed by atoms with Gasteiger partial charge in [-0.25, -0.2) is 24.5 Å². The molecule has 9 nitrogen and oxygen atoms in total. The number of nitrogens with two attached hydrogens (primary N) is 2. The summed E-state index contributed by atoms with van der Waals surface area (Å²) in [4.78, 5) is 0. The van der Waals surface area contributed by atoms with Crippen LogP contribution in [0, 0.1) is 21.6 Å². The fourth-order valence-electron chi connectivity index (χ4n) is 1.50. The Morgan fingerprint density at radius 1 is 1.20 bits per heavy atom. The van der Waals surface area contributed by atoms with Crippen LogP contribution in [0.15, 0.2) is 30.6 Å². The van der Waals surface area contributed by atoms with E-state index in [1.54, 1.807) is 12.4 Å². The first kappa shape index (κ1) is 15.9. The van der Waals surface area contributed by atoms with Crippen molar-refractivity contribution in [2.24, 2.45) is 5.84 Å². The number of aromatic nitrogens is 1. The molecule has 0 radical (unpaired) electrons. The molecular formula is C10H10ClN5O4. The average molecular weight is 300 g/mol. The summed E-state index contributed by atoms with van der Waals surface area (Å²) in [5.41, 5.74) is 3.82. The fraction of sp³-hybridized carbons (Fsp3) is 0. The van der Waals surface area contributed by atoms with Crippen LogP contribution in [0.3, 0.4) is 0 Å². The molecule has 0 fully saturated rings. The summed E-state index contributed by atoms with van der Waals surface area (Å²) >= 11 is 0. The zero-order chi connectivity index (χ0) is 15.3. The molecule has 0 aliphatic rings. The van der Waals surface area contributed by atoms with Crippen LogP contribution >= 0.6 is 0 Å². The molecule has 2 rings (SSSR count). The van der Waals surface area contributed by atoms with Gasteiger partial charge in [0.15, 0.2) is 0 Å². The normalized spacial score (nSPS) is 10.4. The first-order chi connectivity index (χ1) is 9.24. The molecule has 0 unspecified atom stereocenters. The smallest absolute Gasteiger partial charge is 0.217 e. The second-order valence-electron chi connectivity index (χ2n) is 3.56. The second kappa shape index (κ2) is 6.31. The maximum atomic E-state index is 8.95. The minimum Gasteiger partial charge on any atom is -0.324 e. The number of hydrogen-bond donors (Lipinski definition) is 3. The third-order valence-electron chi connectivity index (χ3n) is 2.20. The van der Waals surface area contributed by atoms with Gasteiger partial charge in [-0.05, 0) is 18.2 Å². The molecule has 20 heavy (non-hydrogen) atoms. The van der Waals surface area contributed by atoms with Crippen LogP contribution in [-0.4, -0.2) is 0 Å². The predicted molar refractivity (Wildman–Crippen MR) is 56.8 cm³/mol. The van der Waals surface area contributed by atoms with Gasteiger partial charge >= 0.3 is 0 Å². The number of anilines is 1. The molecule has 0 atom stereocenters. The summed E-state index contributed by atoms with van der Waals surface area (Å²) in [7, 11) is -4.94. The Morgan fingerprint density at radius 3 is 2.30 bits per heavy atom. The Morgan fingerprint density at radius 2 is 1.80 bits per heavy atom. The zero-order valence-electron chi connectivity index (χ0n) is 9.95. The first-order valence-corrected chi connectivity index (χ1v) is 6.20. The maximum absolute atomic E-state index is 8.95. The predicted octanol–water partition coefficient (Wildman–Crippen LogP) is -4.76. The van der Waals surface area contributed by atoms with Crippen LogP contribution in [0.2, 0.25) is 0 Å². The van der Waals surface area contributed by atoms with Crippen molar-refractivity contribution < 1.29 is 33.6 Å². The van der Waals surface area contributed by atoms with E-state index in [2.05, 4.69) is 11.5 Å². The highest BCUT2D eigenvalue weighted by atomic mass is 35.7. The van der Waals surface area contributed by atoms with Crippen molar-refractivity contribution in [1.82, 2.24) is 0 Å². The standard InChI is InChI=1S/C10H9N5.ClHO4/c11-4-8-6-15(13)5-7-1-2-9(14-12)3-10(7)8;2-1(3,4)5/h1-3,5-6H,12-13H2;(H,2,3,4,5). The molecule has 0 saturated carbocycles. The molecule has 10 heteroatoms. The van der Waals surface area contributed by atoms with E-state index in [0.29, 0.717) is 5.56 Å². The number of nitrogens with one attached hydrogen (secondary N) is 1. The SMILES string of the molecule is N#Cc1c[n+](N)cc2ccc(NN)cc12.[O-][Cl+3]([O-])([O-])[O-]. The largest absolute Gasteiger partial charge is 0.324 e. The topological polar surface area (TPSA) is 184 Å². The molecule has 2 aromatic rings. The Hall–Kier alpha value is -2.19. The van der Waals surface area contributed by atoms with E-state index in [1.807, 2.05) is 18.2 Å². The Kier molecular flexibility index (Phi) is 5.00. The number of pyridine rings is 1. The van der Waals surface area contributed by atoms with Gasteiger partial charge in [0.2, 0.25) is 12.4 Å². The molecule has 106 valence electrons. The highest BCUT2D eigenvalue weighted by Crippen LogP contribution is 2.19. The number of nitrogens with zero attached hydrogens (tertiary/aromatic N) is 2. The lowest BCUT2D eigenvalue weighted by Gasteiger charge is -2.17. The Balaban J connectivity index is 0.000000347. The monoisotopic (exact) mass is 299 g/mol. The molecule has 0 saturated heterocycles. The van der Waals surface area contributed by atoms with Crippen LogP contribution in [0.1, 0.15) is 5.56 Å². The summed E-state index contributed by atoms with van der Waals surface area (Å²) in [5, 5.41) is 10.7. The van der Waals surface area contributed by atoms with E-state index < -0.39 is 10.2 Å². The van der Waals surface area contributed by atoms with Gasteiger partial charge in [-0.2, -0.15) is 5.26 Å². The highest BCUT2D eigenvalue weighted by molar-refractivity contribution is 5.88. The van der Waals surface area contributed by atoms with Crippen molar-refractivity contribution in [1.29, 1.82) is 5.26 Å². The number of hydrazine groups is 1. The Bertz CT molecular complexity index is 646. The van der Waals surface area contributed by atoms with Crippen molar-refractivity contribution in [3.05, 3.63) is 36.2 Å². The average Bonchev–Trinajstić information content (AvgIpc) is 2.35. The van der Waals surface area contributed by atoms with Crippen molar-refractivity contribution in [3.63, 3.8) is 0 Å². The van der Waals surface area contributed by atoms with E-state index in [-0.39, 0.29) is 0 Å². The number of nitrogen functional groups attached to an aromatic ring is 2. The van der Waals surface area contributed by atoms with Crippen LogP contribution in [0.4, 0.5) is 5.69 Å². The van der Waals surface area contributed by atoms with Crippen molar-refractivity contribution in [3.8, 4) is 6.07 Å². The van der Waals surface area contributed by atoms with E-state index in [4.69, 9.17) is 35.6 Å². The van der Waals surface area contributed by atoms with Gasteiger partial charge in [0, 0.05) is 11.1 Å². The molecule has 1 heterocycles. The van der Waals surface area contributed by atoms with Gasteiger partial charge in [-0.3, -0.25) is 5.84 Å². The third-order valence-corrected chi connectivity index (χ3v) is 2.20. The number of benzene rings is 1. The lowest BCUT2D eigenvalue weighted by molar-refractivity contribution is -2.00. The van der Waals surface area contributed by atoms with Gasteiger partial charge in [0.1, 0.15) is 11.6 Å². The van der Waals surface area contributed by atoms with Crippen molar-refractivity contribution in [2.45, 2.75) is 0 Å². The quantitative estimate of drug-likeness (QED) is 0.266. The number of fused-ring (bicyclic) bond motifs is 1. The van der Waals surface area contributed by atoms with E-state index in [0.717, 1.165) is 16.5 Å². The van der Waals surface area contributed by atoms with Gasteiger partial charge < -0.3 is 5.43 Å². The van der Waals surface area contributed by atoms with Gasteiger partial charge in [0.05, 0.1) is 5.39 Å². The van der Waals surface area contributed by atoms with Gasteiger partial charge in [-0.1, -0.05) is 4.68 Å². The number of rotatable bonds is 1. The molecule has 1 aromatic heterocycles. The molecule has 0 spiro atoms. The van der Waals surface area contributed by atoms with E-state index in [9.17, 15) is 0 Å². The lowest BCUT2D eigenvalue weighted by atomic mass is 10.1. The molecule has 0 aliphatic heterocycles. The maximum Gasteiger partial charge on any atom is 0.217 e. The van der Waals surface area contributed by atoms with Crippen LogP contribution in [0.25, 0.3) is 10.8 Å². The summed E-state index contributed by atoms with van der Waals surface area (Å²) < 4.78 is 35.3. The number of halogens is 1. The van der Waals surface area contributed by atoms with Crippen LogP contribution < -0.4 is 40.4 Å². The molecule has 5 N–H and O–H groups in total. The molecule has 0 bridgehead atoms. The molecule has 0 amide bonds. The van der Waals surface area contributed by atoms with Crippen LogP contribution in [0.5, 0.6) is 0 Å². The fourth-order valence-corrected chi connectivity index (χ4v) is 1.50. The molecule has 1 aromatic carbocycles. The van der Waals surface area contributed by atoms with E-state index >= 15 is 0 Å². The molecule has 0 aliphatic carbocycles. The highest BCUT2D eigenvalue weighted by Gasteiger charge is 2.08. The van der Waals surface area contributed by atoms with Crippen molar-refractivity contribution in [2.75, 3.05) is 11.3 Å². The summed E-state index contributed by atoms with van der Waals surface area (Å²) in [6.07, 6.45) is 3.32. The lowest BCUT2D eigenvalue weighted by Crippen LogP contribution is -2.68. The van der Waals surface area contributed by atoms with Gasteiger partial charge in [0.25, 0.3) is 0 Å².